The number of carbonyl (C=O) groups excluding carboxylic acids is 2. The minimum absolute atomic E-state index is 0.0210. The highest BCUT2D eigenvalue weighted by atomic mass is 17.5. The minimum atomic E-state index is -1.12. The summed E-state index contributed by atoms with van der Waals surface area (Å²) >= 11 is 0. The molecule has 0 radical (unpaired) electrons. The van der Waals surface area contributed by atoms with Gasteiger partial charge in [0.05, 0.1) is 17.2 Å². The van der Waals surface area contributed by atoms with E-state index in [1.54, 1.807) is 19.1 Å². The second-order valence-corrected chi connectivity index (χ2v) is 4.55. The predicted octanol–water partition coefficient (Wildman–Crippen LogP) is 2.89. The van der Waals surface area contributed by atoms with Gasteiger partial charge in [-0.3, -0.25) is 4.89 Å². The summed E-state index contributed by atoms with van der Waals surface area (Å²) in [5.74, 6) is -0.764. The Bertz CT molecular complexity index is 499. The highest BCUT2D eigenvalue weighted by Crippen LogP contribution is 2.12. The molecule has 0 aromatic heterocycles. The van der Waals surface area contributed by atoms with Crippen molar-refractivity contribution in [3.8, 4) is 0 Å². The van der Waals surface area contributed by atoms with E-state index in [1.165, 1.54) is 0 Å². The molecular formula is C15H20O7. The van der Waals surface area contributed by atoms with E-state index in [-0.39, 0.29) is 13.2 Å². The van der Waals surface area contributed by atoms with Gasteiger partial charge < -0.3 is 9.47 Å². The molecule has 1 rings (SSSR count). The molecule has 0 saturated carbocycles. The monoisotopic (exact) mass is 312 g/mol. The number of rotatable bonds is 8. The van der Waals surface area contributed by atoms with Gasteiger partial charge in [-0.05, 0) is 31.9 Å². The standard InChI is InChI=1S/C15H20O7/c1-4-7-18-8-9-19-15(17)21-22-20-14(16)13-10-11(2)5-6-12(13)3/h5-6,10H,4,7-9H2,1-3H3. The van der Waals surface area contributed by atoms with Gasteiger partial charge in [0.15, 0.2) is 0 Å². The molecule has 7 nitrogen and oxygen atoms in total. The molecule has 0 spiro atoms. The summed E-state index contributed by atoms with van der Waals surface area (Å²) in [5.41, 5.74) is 1.93. The quantitative estimate of drug-likeness (QED) is 0.316. The third-order valence-electron chi connectivity index (χ3n) is 2.62. The number of hydrogen-bond acceptors (Lipinski definition) is 7. The largest absolute Gasteiger partial charge is 0.543 e. The first kappa shape index (κ1) is 17.9. The summed E-state index contributed by atoms with van der Waals surface area (Å²) in [6, 6.07) is 5.28. The van der Waals surface area contributed by atoms with Crippen LogP contribution in [0.5, 0.6) is 0 Å². The highest BCUT2D eigenvalue weighted by molar-refractivity contribution is 5.90. The predicted molar refractivity (Wildman–Crippen MR) is 76.0 cm³/mol. The maximum absolute atomic E-state index is 11.7. The minimum Gasteiger partial charge on any atom is -0.430 e. The van der Waals surface area contributed by atoms with Crippen molar-refractivity contribution in [1.29, 1.82) is 0 Å². The van der Waals surface area contributed by atoms with Crippen LogP contribution in [0, 0.1) is 13.8 Å². The van der Waals surface area contributed by atoms with Gasteiger partial charge >= 0.3 is 12.1 Å². The molecular weight excluding hydrogens is 292 g/mol. The lowest BCUT2D eigenvalue weighted by Crippen LogP contribution is -2.15. The summed E-state index contributed by atoms with van der Waals surface area (Å²) < 4.78 is 9.72. The number of carbonyl (C=O) groups is 2. The van der Waals surface area contributed by atoms with Gasteiger partial charge in [0.1, 0.15) is 6.61 Å². The Labute approximate surface area is 128 Å². The SMILES string of the molecule is CCCOCCOC(=O)OOOC(=O)c1cc(C)ccc1C. The average molecular weight is 312 g/mol. The summed E-state index contributed by atoms with van der Waals surface area (Å²) in [6.07, 6.45) is -0.240. The summed E-state index contributed by atoms with van der Waals surface area (Å²) in [7, 11) is 0. The molecule has 122 valence electrons. The maximum Gasteiger partial charge on any atom is 0.543 e. The molecule has 1 aromatic carbocycles. The van der Waals surface area contributed by atoms with Gasteiger partial charge in [-0.1, -0.05) is 24.6 Å². The maximum atomic E-state index is 11.7. The Kier molecular flexibility index (Phi) is 7.95. The second-order valence-electron chi connectivity index (χ2n) is 4.55. The van der Waals surface area contributed by atoms with Crippen molar-refractivity contribution < 1.29 is 33.9 Å². The Morgan fingerprint density at radius 2 is 1.82 bits per heavy atom. The molecule has 1 aromatic rings. The van der Waals surface area contributed by atoms with Crippen LogP contribution >= 0.6 is 0 Å². The van der Waals surface area contributed by atoms with E-state index in [0.717, 1.165) is 17.5 Å². The molecule has 0 N–H and O–H groups in total. The van der Waals surface area contributed by atoms with Crippen LogP contribution in [0.4, 0.5) is 4.79 Å². The molecule has 0 bridgehead atoms. The molecule has 0 amide bonds. The van der Waals surface area contributed by atoms with Gasteiger partial charge in [0.25, 0.3) is 0 Å². The van der Waals surface area contributed by atoms with Gasteiger partial charge in [-0.25, -0.2) is 14.5 Å². The summed E-state index contributed by atoms with van der Waals surface area (Å²) in [6.45, 7) is 6.42. The van der Waals surface area contributed by atoms with Crippen LogP contribution in [0.25, 0.3) is 0 Å². The molecule has 0 atom stereocenters. The second kappa shape index (κ2) is 9.75. The van der Waals surface area contributed by atoms with Crippen LogP contribution in [-0.4, -0.2) is 31.9 Å². The van der Waals surface area contributed by atoms with Crippen molar-refractivity contribution in [2.45, 2.75) is 27.2 Å². The van der Waals surface area contributed by atoms with Crippen LogP contribution in [0.15, 0.2) is 18.2 Å². The zero-order valence-corrected chi connectivity index (χ0v) is 12.9. The first-order valence-electron chi connectivity index (χ1n) is 6.92. The summed E-state index contributed by atoms with van der Waals surface area (Å²) in [5, 5.41) is 4.12. The van der Waals surface area contributed by atoms with Crippen molar-refractivity contribution in [2.75, 3.05) is 19.8 Å². The highest BCUT2D eigenvalue weighted by Gasteiger charge is 2.14. The molecule has 0 aliphatic carbocycles. The van der Waals surface area contributed by atoms with Gasteiger partial charge in [-0.15, -0.1) is 0 Å². The Balaban J connectivity index is 2.24. The van der Waals surface area contributed by atoms with E-state index in [1.807, 2.05) is 19.9 Å². The Hall–Kier alpha value is -2.12. The third kappa shape index (κ3) is 6.55. The van der Waals surface area contributed by atoms with E-state index >= 15 is 0 Å². The molecule has 0 fully saturated rings. The zero-order chi connectivity index (χ0) is 16.4. The fourth-order valence-corrected chi connectivity index (χ4v) is 1.53. The molecule has 0 unspecified atom stereocenters. The van der Waals surface area contributed by atoms with E-state index in [9.17, 15) is 9.59 Å². The first-order valence-corrected chi connectivity index (χ1v) is 6.92. The lowest BCUT2D eigenvalue weighted by atomic mass is 10.1. The number of benzene rings is 1. The van der Waals surface area contributed by atoms with Gasteiger partial charge in [0, 0.05) is 6.61 Å². The fraction of sp³-hybridized carbons (Fsp3) is 0.467. The molecule has 0 aliphatic heterocycles. The van der Waals surface area contributed by atoms with Crippen molar-refractivity contribution in [1.82, 2.24) is 0 Å². The van der Waals surface area contributed by atoms with E-state index in [2.05, 4.69) is 19.6 Å². The van der Waals surface area contributed by atoms with Crippen molar-refractivity contribution >= 4 is 12.1 Å². The van der Waals surface area contributed by atoms with Crippen LogP contribution < -0.4 is 0 Å². The van der Waals surface area contributed by atoms with Crippen molar-refractivity contribution in [3.05, 3.63) is 34.9 Å². The average Bonchev–Trinajstić information content (AvgIpc) is 2.49. The van der Waals surface area contributed by atoms with Crippen molar-refractivity contribution in [2.24, 2.45) is 0 Å². The van der Waals surface area contributed by atoms with Gasteiger partial charge in [0.2, 0.25) is 0 Å². The Morgan fingerprint density at radius 3 is 2.55 bits per heavy atom. The van der Waals surface area contributed by atoms with Crippen LogP contribution in [-0.2, 0) is 24.3 Å². The normalized spacial score (nSPS) is 10.1. The topological polar surface area (TPSA) is 80.3 Å². The van der Waals surface area contributed by atoms with E-state index in [0.29, 0.717) is 12.2 Å². The fourth-order valence-electron chi connectivity index (χ4n) is 1.53. The smallest absolute Gasteiger partial charge is 0.430 e. The molecule has 0 heterocycles. The van der Waals surface area contributed by atoms with Crippen LogP contribution in [0.1, 0.15) is 34.8 Å². The molecule has 0 aliphatic rings. The molecule has 22 heavy (non-hydrogen) atoms. The van der Waals surface area contributed by atoms with Crippen LogP contribution in [0.3, 0.4) is 0 Å². The van der Waals surface area contributed by atoms with Crippen molar-refractivity contribution in [3.63, 3.8) is 0 Å². The van der Waals surface area contributed by atoms with E-state index in [4.69, 9.17) is 4.74 Å². The summed E-state index contributed by atoms with van der Waals surface area (Å²) in [4.78, 5) is 31.4. The Morgan fingerprint density at radius 1 is 1.05 bits per heavy atom. The van der Waals surface area contributed by atoms with E-state index < -0.39 is 12.1 Å². The van der Waals surface area contributed by atoms with Gasteiger partial charge in [-0.2, -0.15) is 0 Å². The number of ether oxygens (including phenoxy) is 2. The molecule has 0 saturated heterocycles. The third-order valence-corrected chi connectivity index (χ3v) is 2.62. The molecule has 7 heteroatoms. The number of aryl methyl sites for hydroxylation is 2. The van der Waals surface area contributed by atoms with Crippen LogP contribution in [0.2, 0.25) is 0 Å². The lowest BCUT2D eigenvalue weighted by molar-refractivity contribution is -0.452. The number of hydrogen-bond donors (Lipinski definition) is 0. The first-order chi connectivity index (χ1) is 10.5. The zero-order valence-electron chi connectivity index (χ0n) is 12.9. The lowest BCUT2D eigenvalue weighted by Gasteiger charge is -2.06.